The third kappa shape index (κ3) is 4.31. The molecule has 0 spiro atoms. The number of hydrogen-bond acceptors (Lipinski definition) is 5. The summed E-state index contributed by atoms with van der Waals surface area (Å²) in [6.07, 6.45) is 5.38. The fourth-order valence-corrected chi connectivity index (χ4v) is 6.25. The summed E-state index contributed by atoms with van der Waals surface area (Å²) in [7, 11) is 0. The number of hydrogen-bond donors (Lipinski definition) is 0. The molecule has 1 amide bonds. The van der Waals surface area contributed by atoms with Crippen LogP contribution in [0.2, 0.25) is 0 Å². The van der Waals surface area contributed by atoms with Gasteiger partial charge in [-0.3, -0.25) is 19.1 Å². The first-order valence-electron chi connectivity index (χ1n) is 11.8. The molecule has 7 heteroatoms. The van der Waals surface area contributed by atoms with Crippen LogP contribution in [0.3, 0.4) is 0 Å². The maximum absolute atomic E-state index is 13.6. The Morgan fingerprint density at radius 2 is 1.94 bits per heavy atom. The highest BCUT2D eigenvalue weighted by atomic mass is 32.1. The predicted molar refractivity (Wildman–Crippen MR) is 127 cm³/mol. The highest BCUT2D eigenvalue weighted by Crippen LogP contribution is 2.30. The molecule has 6 nitrogen and oxygen atoms in total. The molecule has 4 heterocycles. The lowest BCUT2D eigenvalue weighted by molar-refractivity contribution is -0.136. The van der Waals surface area contributed by atoms with Crippen molar-refractivity contribution in [2.24, 2.45) is 0 Å². The number of carbonyl (C=O) groups excluding carboxylic acids is 1. The highest BCUT2D eigenvalue weighted by Gasteiger charge is 2.30. The molecule has 0 radical (unpaired) electrons. The van der Waals surface area contributed by atoms with Crippen molar-refractivity contribution >= 4 is 27.5 Å². The summed E-state index contributed by atoms with van der Waals surface area (Å²) >= 11 is 1.62. The van der Waals surface area contributed by atoms with Gasteiger partial charge >= 0.3 is 0 Å². The van der Waals surface area contributed by atoms with Crippen LogP contribution in [0, 0.1) is 13.8 Å². The van der Waals surface area contributed by atoms with E-state index in [0.29, 0.717) is 12.6 Å². The Bertz CT molecular complexity index is 1020. The lowest BCUT2D eigenvalue weighted by Crippen LogP contribution is -2.49. The van der Waals surface area contributed by atoms with Gasteiger partial charge in [-0.05, 0) is 65.0 Å². The van der Waals surface area contributed by atoms with Gasteiger partial charge in [0.15, 0.2) is 0 Å². The summed E-state index contributed by atoms with van der Waals surface area (Å²) in [5.41, 5.74) is 1.15. The molecule has 2 aliphatic heterocycles. The van der Waals surface area contributed by atoms with Gasteiger partial charge in [0.05, 0.1) is 18.0 Å². The number of amides is 1. The summed E-state index contributed by atoms with van der Waals surface area (Å²) in [6.45, 7) is 13.5. The Kier molecular flexibility index (Phi) is 6.54. The normalized spacial score (nSPS) is 23.1. The molecule has 4 rings (SSSR count). The first-order chi connectivity index (χ1) is 14.8. The molecule has 2 saturated heterocycles. The van der Waals surface area contributed by atoms with Gasteiger partial charge in [0, 0.05) is 29.9 Å². The first-order valence-corrected chi connectivity index (χ1v) is 12.6. The van der Waals surface area contributed by atoms with Gasteiger partial charge in [-0.25, -0.2) is 4.98 Å². The number of carbonyl (C=O) groups is 1. The van der Waals surface area contributed by atoms with Gasteiger partial charge in [-0.2, -0.15) is 0 Å². The minimum atomic E-state index is 0.0711. The average molecular weight is 445 g/mol. The molecule has 2 aromatic heterocycles. The number of thiophene rings is 1. The van der Waals surface area contributed by atoms with Gasteiger partial charge in [0.2, 0.25) is 5.91 Å². The second kappa shape index (κ2) is 9.02. The molecule has 0 unspecified atom stereocenters. The molecule has 2 aromatic rings. The van der Waals surface area contributed by atoms with Crippen molar-refractivity contribution in [1.29, 1.82) is 0 Å². The molecule has 170 valence electrons. The van der Waals surface area contributed by atoms with E-state index in [2.05, 4.69) is 37.5 Å². The second-order valence-electron chi connectivity index (χ2n) is 9.73. The van der Waals surface area contributed by atoms with Crippen LogP contribution >= 0.6 is 11.3 Å². The van der Waals surface area contributed by atoms with E-state index in [1.54, 1.807) is 11.3 Å². The van der Waals surface area contributed by atoms with Gasteiger partial charge < -0.3 is 4.90 Å². The SMILES string of the molecule is Cc1sc2nc(C(C)C)n([C@H]3CCCN(CC(=O)N4CCCC[C@H]4C)C3)c(=O)c2c1C. The third-order valence-corrected chi connectivity index (χ3v) is 8.21. The molecule has 0 aromatic carbocycles. The number of rotatable bonds is 4. The Labute approximate surface area is 189 Å². The maximum atomic E-state index is 13.6. The van der Waals surface area contributed by atoms with Crippen LogP contribution in [-0.4, -0.2) is 57.5 Å². The van der Waals surface area contributed by atoms with Gasteiger partial charge in [0.25, 0.3) is 5.56 Å². The Balaban J connectivity index is 1.61. The van der Waals surface area contributed by atoms with E-state index in [1.807, 2.05) is 11.5 Å². The van der Waals surface area contributed by atoms with Crippen LogP contribution in [0.15, 0.2) is 4.79 Å². The predicted octanol–water partition coefficient (Wildman–Crippen LogP) is 4.24. The molecule has 0 aliphatic carbocycles. The van der Waals surface area contributed by atoms with Gasteiger partial charge in [-0.15, -0.1) is 11.3 Å². The number of likely N-dealkylation sites (tertiary alicyclic amines) is 2. The molecule has 2 aliphatic rings. The first kappa shape index (κ1) is 22.5. The molecular weight excluding hydrogens is 408 g/mol. The minimum absolute atomic E-state index is 0.0711. The topological polar surface area (TPSA) is 58.4 Å². The third-order valence-electron chi connectivity index (χ3n) is 7.11. The summed E-state index contributed by atoms with van der Waals surface area (Å²) in [6, 6.07) is 0.412. The van der Waals surface area contributed by atoms with Crippen LogP contribution < -0.4 is 5.56 Å². The van der Waals surface area contributed by atoms with E-state index >= 15 is 0 Å². The highest BCUT2D eigenvalue weighted by molar-refractivity contribution is 7.18. The number of piperidine rings is 2. The standard InChI is InChI=1S/C24H36N4O2S/c1-15(2)22-25-23-21(17(4)18(5)31-23)24(30)28(22)19-10-8-11-26(13-19)14-20(29)27-12-7-6-9-16(27)3/h15-16,19H,6-14H2,1-5H3/t16-,19+/m1/s1. The molecule has 2 fully saturated rings. The second-order valence-corrected chi connectivity index (χ2v) is 10.9. The fraction of sp³-hybridized carbons (Fsp3) is 0.708. The molecule has 0 bridgehead atoms. The van der Waals surface area contributed by atoms with Crippen molar-refractivity contribution in [2.45, 2.75) is 84.7 Å². The minimum Gasteiger partial charge on any atom is -0.339 e. The summed E-state index contributed by atoms with van der Waals surface area (Å²) in [4.78, 5) is 37.9. The number of aromatic nitrogens is 2. The van der Waals surface area contributed by atoms with Crippen molar-refractivity contribution in [1.82, 2.24) is 19.4 Å². The van der Waals surface area contributed by atoms with Crippen molar-refractivity contribution in [3.05, 3.63) is 26.6 Å². The van der Waals surface area contributed by atoms with Crippen LogP contribution in [0.5, 0.6) is 0 Å². The smallest absolute Gasteiger partial charge is 0.262 e. The average Bonchev–Trinajstić information content (AvgIpc) is 3.02. The summed E-state index contributed by atoms with van der Waals surface area (Å²) in [5, 5.41) is 0.780. The maximum Gasteiger partial charge on any atom is 0.262 e. The van der Waals surface area contributed by atoms with Crippen LogP contribution in [0.1, 0.15) is 81.1 Å². The zero-order valence-electron chi connectivity index (χ0n) is 19.6. The fourth-order valence-electron chi connectivity index (χ4n) is 5.22. The molecular formula is C24H36N4O2S. The van der Waals surface area contributed by atoms with E-state index in [9.17, 15) is 9.59 Å². The zero-order valence-corrected chi connectivity index (χ0v) is 20.4. The van der Waals surface area contributed by atoms with Crippen LogP contribution in [0.4, 0.5) is 0 Å². The molecule has 31 heavy (non-hydrogen) atoms. The Hall–Kier alpha value is -1.73. The van der Waals surface area contributed by atoms with E-state index in [0.717, 1.165) is 66.9 Å². The zero-order chi connectivity index (χ0) is 22.3. The molecule has 0 N–H and O–H groups in total. The summed E-state index contributed by atoms with van der Waals surface area (Å²) in [5.74, 6) is 1.29. The van der Waals surface area contributed by atoms with Crippen LogP contribution in [-0.2, 0) is 4.79 Å². The Morgan fingerprint density at radius 1 is 1.16 bits per heavy atom. The van der Waals surface area contributed by atoms with E-state index in [1.165, 1.54) is 11.3 Å². The largest absolute Gasteiger partial charge is 0.339 e. The quantitative estimate of drug-likeness (QED) is 0.708. The van der Waals surface area contributed by atoms with E-state index in [-0.39, 0.29) is 23.4 Å². The Morgan fingerprint density at radius 3 is 2.65 bits per heavy atom. The number of aryl methyl sites for hydroxylation is 2. The van der Waals surface area contributed by atoms with Gasteiger partial charge in [0.1, 0.15) is 10.7 Å². The van der Waals surface area contributed by atoms with Gasteiger partial charge in [-0.1, -0.05) is 13.8 Å². The van der Waals surface area contributed by atoms with E-state index in [4.69, 9.17) is 4.98 Å². The van der Waals surface area contributed by atoms with Crippen LogP contribution in [0.25, 0.3) is 10.2 Å². The number of fused-ring (bicyclic) bond motifs is 1. The molecule has 2 atom stereocenters. The lowest BCUT2D eigenvalue weighted by atomic mass is 10.0. The van der Waals surface area contributed by atoms with Crippen molar-refractivity contribution in [3.8, 4) is 0 Å². The monoisotopic (exact) mass is 444 g/mol. The summed E-state index contributed by atoms with van der Waals surface area (Å²) < 4.78 is 1.96. The molecule has 0 saturated carbocycles. The van der Waals surface area contributed by atoms with Crippen molar-refractivity contribution in [3.63, 3.8) is 0 Å². The lowest BCUT2D eigenvalue weighted by Gasteiger charge is -2.38. The van der Waals surface area contributed by atoms with Crippen molar-refractivity contribution < 1.29 is 4.79 Å². The van der Waals surface area contributed by atoms with Crippen molar-refractivity contribution in [2.75, 3.05) is 26.2 Å². The van der Waals surface area contributed by atoms with E-state index < -0.39 is 0 Å². The number of nitrogens with zero attached hydrogens (tertiary/aromatic N) is 4.